The molecule has 1 heterocycles. The lowest BCUT2D eigenvalue weighted by molar-refractivity contribution is -0.159. The zero-order chi connectivity index (χ0) is 24.6. The molecular formula is C27H30N2O6. The third-order valence-corrected chi connectivity index (χ3v) is 7.82. The molecule has 2 aromatic rings. The number of benzene rings is 2. The summed E-state index contributed by atoms with van der Waals surface area (Å²) in [5.41, 5.74) is 3.34. The zero-order valence-corrected chi connectivity index (χ0v) is 19.7. The van der Waals surface area contributed by atoms with Crippen molar-refractivity contribution in [2.75, 3.05) is 26.9 Å². The van der Waals surface area contributed by atoms with Gasteiger partial charge in [-0.25, -0.2) is 9.59 Å². The number of alkyl carbamates (subject to hydrolysis) is 1. The molecule has 3 unspecified atom stereocenters. The molecule has 8 heteroatoms. The second-order valence-electron chi connectivity index (χ2n) is 9.71. The smallest absolute Gasteiger partial charge is 0.407 e. The predicted molar refractivity (Wildman–Crippen MR) is 128 cm³/mol. The van der Waals surface area contributed by atoms with Crippen molar-refractivity contribution in [2.45, 2.75) is 43.2 Å². The Labute approximate surface area is 204 Å². The van der Waals surface area contributed by atoms with Crippen molar-refractivity contribution in [1.29, 1.82) is 0 Å². The van der Waals surface area contributed by atoms with Gasteiger partial charge in [-0.15, -0.1) is 0 Å². The number of nitrogens with one attached hydrogen (secondary N) is 1. The van der Waals surface area contributed by atoms with Crippen LogP contribution in [0, 0.1) is 5.92 Å². The summed E-state index contributed by atoms with van der Waals surface area (Å²) in [6, 6.07) is 16.2. The summed E-state index contributed by atoms with van der Waals surface area (Å²) in [7, 11) is 1.54. The Morgan fingerprint density at radius 3 is 2.34 bits per heavy atom. The van der Waals surface area contributed by atoms with E-state index in [1.165, 1.54) is 23.1 Å². The molecule has 3 atom stereocenters. The van der Waals surface area contributed by atoms with Gasteiger partial charge in [0.2, 0.25) is 5.91 Å². The van der Waals surface area contributed by atoms with E-state index in [2.05, 4.69) is 29.6 Å². The van der Waals surface area contributed by atoms with Crippen LogP contribution >= 0.6 is 0 Å². The summed E-state index contributed by atoms with van der Waals surface area (Å²) < 4.78 is 10.9. The van der Waals surface area contributed by atoms with Crippen molar-refractivity contribution in [3.63, 3.8) is 0 Å². The first kappa shape index (κ1) is 23.4. The fourth-order valence-corrected chi connectivity index (χ4v) is 5.76. The van der Waals surface area contributed by atoms with Gasteiger partial charge in [0.25, 0.3) is 0 Å². The quantitative estimate of drug-likeness (QED) is 0.659. The third kappa shape index (κ3) is 4.16. The first-order valence-corrected chi connectivity index (χ1v) is 12.1. The number of carbonyl (C=O) groups is 3. The number of carboxylic acids is 1. The second kappa shape index (κ2) is 9.34. The first-order chi connectivity index (χ1) is 16.9. The maximum atomic E-state index is 13.1. The molecule has 2 amide bonds. The van der Waals surface area contributed by atoms with Crippen LogP contribution in [-0.2, 0) is 19.1 Å². The minimum absolute atomic E-state index is 0.00127. The van der Waals surface area contributed by atoms with Gasteiger partial charge in [0.1, 0.15) is 6.61 Å². The molecule has 0 bridgehead atoms. The number of ether oxygens (including phenoxy) is 2. The summed E-state index contributed by atoms with van der Waals surface area (Å²) in [4.78, 5) is 38.9. The standard InChI is InChI=1S/C27H30N2O6/c1-29(27(25(31)32)12-13-34-16-27)24(30)17-10-11-18(14-17)28-26(33)35-15-23-21-8-4-2-6-19(21)20-7-3-5-9-22(20)23/h2-9,17-18,23H,10-16H2,1H3,(H,28,33)(H,31,32). The Kier molecular flexibility index (Phi) is 6.23. The minimum Gasteiger partial charge on any atom is -0.479 e. The van der Waals surface area contributed by atoms with Crippen LogP contribution in [0.1, 0.15) is 42.7 Å². The molecule has 0 spiro atoms. The highest BCUT2D eigenvalue weighted by molar-refractivity contribution is 5.88. The van der Waals surface area contributed by atoms with Gasteiger partial charge in [-0.1, -0.05) is 48.5 Å². The molecule has 2 aliphatic carbocycles. The van der Waals surface area contributed by atoms with Gasteiger partial charge in [0.05, 0.1) is 6.61 Å². The van der Waals surface area contributed by atoms with Crippen LogP contribution in [0.5, 0.6) is 0 Å². The highest BCUT2D eigenvalue weighted by Crippen LogP contribution is 2.44. The molecule has 3 aliphatic rings. The van der Waals surface area contributed by atoms with E-state index in [1.807, 2.05) is 24.3 Å². The number of hydrogen-bond acceptors (Lipinski definition) is 5. The maximum Gasteiger partial charge on any atom is 0.407 e. The van der Waals surface area contributed by atoms with E-state index in [0.717, 1.165) is 11.1 Å². The Hall–Kier alpha value is -3.39. The van der Waals surface area contributed by atoms with Crippen molar-refractivity contribution < 1.29 is 29.0 Å². The average Bonchev–Trinajstić information content (AvgIpc) is 3.60. The predicted octanol–water partition coefficient (Wildman–Crippen LogP) is 3.40. The number of hydrogen-bond donors (Lipinski definition) is 2. The van der Waals surface area contributed by atoms with Gasteiger partial charge in [0.15, 0.2) is 5.54 Å². The Morgan fingerprint density at radius 1 is 1.09 bits per heavy atom. The van der Waals surface area contributed by atoms with Crippen molar-refractivity contribution in [2.24, 2.45) is 5.92 Å². The van der Waals surface area contributed by atoms with Gasteiger partial charge >= 0.3 is 12.1 Å². The number of amides is 2. The van der Waals surface area contributed by atoms with Gasteiger partial charge in [0, 0.05) is 38.0 Å². The van der Waals surface area contributed by atoms with Gasteiger partial charge in [-0.05, 0) is 41.5 Å². The highest BCUT2D eigenvalue weighted by atomic mass is 16.5. The van der Waals surface area contributed by atoms with Crippen LogP contribution < -0.4 is 5.32 Å². The first-order valence-electron chi connectivity index (χ1n) is 12.1. The third-order valence-electron chi connectivity index (χ3n) is 7.82. The van der Waals surface area contributed by atoms with E-state index < -0.39 is 17.6 Å². The molecule has 0 aromatic heterocycles. The normalized spacial score (nSPS) is 25.1. The lowest BCUT2D eigenvalue weighted by atomic mass is 9.94. The molecule has 2 N–H and O–H groups in total. The lowest BCUT2D eigenvalue weighted by Crippen LogP contribution is -2.57. The molecule has 1 saturated carbocycles. The number of aliphatic carboxylic acids is 1. The Bertz CT molecular complexity index is 1100. The van der Waals surface area contributed by atoms with Gasteiger partial charge in [-0.3, -0.25) is 4.79 Å². The molecule has 35 heavy (non-hydrogen) atoms. The van der Waals surface area contributed by atoms with Crippen LogP contribution in [-0.4, -0.2) is 66.4 Å². The lowest BCUT2D eigenvalue weighted by Gasteiger charge is -2.35. The number of carboxylic acid groups (broad SMARTS) is 1. The minimum atomic E-state index is -1.31. The number of likely N-dealkylation sites (N-methyl/N-ethyl adjacent to an activating group) is 1. The second-order valence-corrected chi connectivity index (χ2v) is 9.71. The molecule has 0 radical (unpaired) electrons. The molecule has 1 saturated heterocycles. The Morgan fingerprint density at radius 2 is 1.74 bits per heavy atom. The Balaban J connectivity index is 1.16. The molecule has 5 rings (SSSR count). The topological polar surface area (TPSA) is 105 Å². The van der Waals surface area contributed by atoms with E-state index in [1.54, 1.807) is 0 Å². The molecule has 8 nitrogen and oxygen atoms in total. The fraction of sp³-hybridized carbons (Fsp3) is 0.444. The van der Waals surface area contributed by atoms with Crippen molar-refractivity contribution in [3.8, 4) is 11.1 Å². The largest absolute Gasteiger partial charge is 0.479 e. The highest BCUT2D eigenvalue weighted by Gasteiger charge is 2.50. The van der Waals surface area contributed by atoms with Crippen LogP contribution in [0.4, 0.5) is 4.79 Å². The maximum absolute atomic E-state index is 13.1. The number of nitrogens with zero attached hydrogens (tertiary/aromatic N) is 1. The number of fused-ring (bicyclic) bond motifs is 3. The van der Waals surface area contributed by atoms with E-state index in [9.17, 15) is 19.5 Å². The van der Waals surface area contributed by atoms with Crippen LogP contribution in [0.15, 0.2) is 48.5 Å². The molecular weight excluding hydrogens is 448 g/mol. The number of carbonyl (C=O) groups excluding carboxylic acids is 2. The van der Waals surface area contributed by atoms with Crippen LogP contribution in [0.25, 0.3) is 11.1 Å². The summed E-state index contributed by atoms with van der Waals surface area (Å²) in [5.74, 6) is -1.61. The van der Waals surface area contributed by atoms with Gasteiger partial charge < -0.3 is 24.8 Å². The van der Waals surface area contributed by atoms with Crippen LogP contribution in [0.2, 0.25) is 0 Å². The van der Waals surface area contributed by atoms with Crippen molar-refractivity contribution >= 4 is 18.0 Å². The van der Waals surface area contributed by atoms with E-state index >= 15 is 0 Å². The van der Waals surface area contributed by atoms with Gasteiger partial charge in [-0.2, -0.15) is 0 Å². The van der Waals surface area contributed by atoms with Crippen molar-refractivity contribution in [3.05, 3.63) is 59.7 Å². The summed E-state index contributed by atoms with van der Waals surface area (Å²) >= 11 is 0. The summed E-state index contributed by atoms with van der Waals surface area (Å²) in [5, 5.41) is 12.6. The van der Waals surface area contributed by atoms with E-state index in [4.69, 9.17) is 9.47 Å². The number of rotatable bonds is 6. The SMILES string of the molecule is CN(C(=O)C1CCC(NC(=O)OCC2c3ccccc3-c3ccccc32)C1)C1(C(=O)O)CCOC1. The van der Waals surface area contributed by atoms with Crippen LogP contribution in [0.3, 0.4) is 0 Å². The molecule has 184 valence electrons. The average molecular weight is 479 g/mol. The molecule has 2 aromatic carbocycles. The van der Waals surface area contributed by atoms with E-state index in [-0.39, 0.29) is 43.4 Å². The summed E-state index contributed by atoms with van der Waals surface area (Å²) in [6.07, 6.45) is 1.48. The summed E-state index contributed by atoms with van der Waals surface area (Å²) in [6.45, 7) is 0.554. The molecule has 2 fully saturated rings. The monoisotopic (exact) mass is 478 g/mol. The fourth-order valence-electron chi connectivity index (χ4n) is 5.76. The molecule has 1 aliphatic heterocycles. The van der Waals surface area contributed by atoms with E-state index in [0.29, 0.717) is 25.9 Å². The zero-order valence-electron chi connectivity index (χ0n) is 19.7. The van der Waals surface area contributed by atoms with Crippen molar-refractivity contribution in [1.82, 2.24) is 10.2 Å².